The number of allylic oxidation sites excluding steroid dienone is 1. The zero-order valence-corrected chi connectivity index (χ0v) is 19.6. The van der Waals surface area contributed by atoms with E-state index in [0.29, 0.717) is 11.3 Å². The number of anilines is 5. The second-order valence-electron chi connectivity index (χ2n) is 7.22. The highest BCUT2D eigenvalue weighted by Gasteiger charge is 2.16. The lowest BCUT2D eigenvalue weighted by molar-refractivity contribution is 0.101. The average molecular weight is 490 g/mol. The van der Waals surface area contributed by atoms with Crippen molar-refractivity contribution in [3.8, 4) is 0 Å². The lowest BCUT2D eigenvalue weighted by atomic mass is 10.1. The fraction of sp³-hybridized carbons (Fsp3) is 0.136. The first-order chi connectivity index (χ1) is 15.5. The minimum absolute atomic E-state index is 0.0489. The Labute approximate surface area is 196 Å². The minimum Gasteiger partial charge on any atom is -0.337 e. The van der Waals surface area contributed by atoms with Crippen molar-refractivity contribution in [2.45, 2.75) is 20.8 Å². The van der Waals surface area contributed by atoms with E-state index in [-0.39, 0.29) is 38.9 Å². The van der Waals surface area contributed by atoms with Crippen molar-refractivity contribution >= 4 is 56.2 Å². The van der Waals surface area contributed by atoms with Gasteiger partial charge >= 0.3 is 0 Å². The van der Waals surface area contributed by atoms with Crippen molar-refractivity contribution in [3.63, 3.8) is 0 Å². The van der Waals surface area contributed by atoms with Gasteiger partial charge in [0.2, 0.25) is 5.95 Å². The van der Waals surface area contributed by atoms with Crippen molar-refractivity contribution in [1.82, 2.24) is 9.97 Å². The molecule has 2 aromatic carbocycles. The van der Waals surface area contributed by atoms with E-state index in [2.05, 4.69) is 31.9 Å². The van der Waals surface area contributed by atoms with Crippen LogP contribution in [0.4, 0.5) is 33.2 Å². The van der Waals surface area contributed by atoms with Crippen molar-refractivity contribution in [1.29, 1.82) is 0 Å². The predicted octanol–water partition coefficient (Wildman–Crippen LogP) is 5.54. The molecule has 0 aliphatic rings. The number of carbonyl (C=O) groups excluding carboxylic acids is 1. The van der Waals surface area contributed by atoms with Gasteiger partial charge in [0.15, 0.2) is 11.6 Å². The number of carbonyl (C=O) groups is 1. The molecule has 3 N–H and O–H groups in total. The number of aromatic nitrogens is 2. The normalized spacial score (nSPS) is 11.1. The van der Waals surface area contributed by atoms with E-state index < -0.39 is 15.8 Å². The van der Waals surface area contributed by atoms with Crippen LogP contribution in [0.15, 0.2) is 54.1 Å². The molecule has 11 heteroatoms. The van der Waals surface area contributed by atoms with Gasteiger partial charge in [-0.2, -0.15) is 4.98 Å². The van der Waals surface area contributed by atoms with E-state index >= 15 is 0 Å². The molecule has 0 bridgehead atoms. The number of ketones is 1. The van der Waals surface area contributed by atoms with Crippen molar-refractivity contribution in [2.75, 3.05) is 15.4 Å². The lowest BCUT2D eigenvalue weighted by Crippen LogP contribution is -2.14. The number of aryl methyl sites for hydroxylation is 1. The van der Waals surface area contributed by atoms with Crippen molar-refractivity contribution in [2.24, 2.45) is 0 Å². The molecule has 0 fully saturated rings. The van der Waals surface area contributed by atoms with Crippen molar-refractivity contribution < 1.29 is 17.6 Å². The van der Waals surface area contributed by atoms with Crippen LogP contribution in [0.2, 0.25) is 5.02 Å². The van der Waals surface area contributed by atoms with Gasteiger partial charge in [-0.05, 0) is 44.5 Å². The van der Waals surface area contributed by atoms with Crippen LogP contribution in [0, 0.1) is 12.7 Å². The molecule has 0 radical (unpaired) electrons. The smallest absolute Gasteiger partial charge is 0.257 e. The molecular weight excluding hydrogens is 469 g/mol. The van der Waals surface area contributed by atoms with Gasteiger partial charge in [-0.15, -0.1) is 0 Å². The second-order valence-corrected chi connectivity index (χ2v) is 9.54. The summed E-state index contributed by atoms with van der Waals surface area (Å²) in [6, 6.07) is 8.73. The number of halogens is 2. The number of hydrogen-bond acceptors (Lipinski definition) is 7. The Balaban J connectivity index is 1.94. The zero-order valence-electron chi connectivity index (χ0n) is 18.0. The Morgan fingerprint density at radius 3 is 2.45 bits per heavy atom. The van der Waals surface area contributed by atoms with Crippen LogP contribution in [0.1, 0.15) is 29.8 Å². The number of benzene rings is 2. The van der Waals surface area contributed by atoms with E-state index in [0.717, 1.165) is 17.7 Å². The largest absolute Gasteiger partial charge is 0.337 e. The van der Waals surface area contributed by atoms with Gasteiger partial charge in [-0.3, -0.25) is 9.52 Å². The number of nitrogens with zero attached hydrogens (tertiary/aromatic N) is 2. The third-order valence-electron chi connectivity index (χ3n) is 4.57. The van der Waals surface area contributed by atoms with E-state index in [1.807, 2.05) is 6.92 Å². The monoisotopic (exact) mass is 489 g/mol. The number of sulfonamides is 1. The fourth-order valence-electron chi connectivity index (χ4n) is 2.68. The van der Waals surface area contributed by atoms with Gasteiger partial charge in [0.1, 0.15) is 10.8 Å². The van der Waals surface area contributed by atoms with E-state index in [4.69, 9.17) is 11.6 Å². The number of hydrogen-bond donors (Lipinski definition) is 3. The summed E-state index contributed by atoms with van der Waals surface area (Å²) in [4.78, 5) is 20.0. The van der Waals surface area contributed by atoms with E-state index in [1.54, 1.807) is 18.2 Å². The Hall–Kier alpha value is -3.50. The zero-order chi connectivity index (χ0) is 24.3. The molecule has 0 unspecified atom stereocenters. The van der Waals surface area contributed by atoms with Gasteiger partial charge in [0.05, 0.1) is 22.5 Å². The molecule has 0 saturated heterocycles. The highest BCUT2D eigenvalue weighted by atomic mass is 35.5. The third kappa shape index (κ3) is 5.85. The molecule has 0 amide bonds. The summed E-state index contributed by atoms with van der Waals surface area (Å²) in [5.74, 6) is -0.399. The molecule has 0 atom stereocenters. The maximum atomic E-state index is 13.8. The standard InChI is InChI=1S/C22H21ClFN5O3S/c1-12(2)33(31,32)29-20-10-16(24)7-8-18(20)26-21-17(23)11-25-22(28-21)27-19-9-15(14(4)30)6-5-13(19)3/h5-11,29H,1H2,2-4H3,(H2,25,26,27,28). The molecule has 8 nitrogen and oxygen atoms in total. The maximum Gasteiger partial charge on any atom is 0.257 e. The van der Waals surface area contributed by atoms with Crippen LogP contribution in [0.3, 0.4) is 0 Å². The molecule has 0 spiro atoms. The van der Waals surface area contributed by atoms with Gasteiger partial charge in [0.25, 0.3) is 10.0 Å². The Morgan fingerprint density at radius 2 is 1.79 bits per heavy atom. The fourth-order valence-corrected chi connectivity index (χ4v) is 3.45. The number of nitrogens with one attached hydrogen (secondary N) is 3. The maximum absolute atomic E-state index is 13.8. The van der Waals surface area contributed by atoms with Crippen LogP contribution < -0.4 is 15.4 Å². The Bertz CT molecular complexity index is 1360. The summed E-state index contributed by atoms with van der Waals surface area (Å²) in [7, 11) is -3.91. The summed E-state index contributed by atoms with van der Waals surface area (Å²) in [6.45, 7) is 8.06. The Kier molecular flexibility index (Phi) is 6.99. The van der Waals surface area contributed by atoms with Gasteiger partial charge in [0, 0.05) is 17.3 Å². The van der Waals surface area contributed by atoms with Crippen LogP contribution in [0.5, 0.6) is 0 Å². The SMILES string of the molecule is C=C(C)S(=O)(=O)Nc1cc(F)ccc1Nc1nc(Nc2cc(C(C)=O)ccc2C)ncc1Cl. The Morgan fingerprint density at radius 1 is 1.06 bits per heavy atom. The summed E-state index contributed by atoms with van der Waals surface area (Å²) < 4.78 is 40.5. The topological polar surface area (TPSA) is 113 Å². The second kappa shape index (κ2) is 9.55. The van der Waals surface area contributed by atoms with Crippen LogP contribution >= 0.6 is 11.6 Å². The van der Waals surface area contributed by atoms with E-state index in [9.17, 15) is 17.6 Å². The van der Waals surface area contributed by atoms with Crippen molar-refractivity contribution in [3.05, 3.63) is 76.0 Å². The summed E-state index contributed by atoms with van der Waals surface area (Å²) >= 11 is 6.23. The number of Topliss-reactive ketones (excluding diaryl/α,β-unsaturated/α-hetero) is 1. The van der Waals surface area contributed by atoms with Crippen LogP contribution in [-0.4, -0.2) is 24.2 Å². The molecule has 172 valence electrons. The average Bonchev–Trinajstić information content (AvgIpc) is 2.73. The first-order valence-electron chi connectivity index (χ1n) is 9.62. The molecule has 1 aromatic heterocycles. The van der Waals surface area contributed by atoms with Gasteiger partial charge in [-0.1, -0.05) is 30.3 Å². The summed E-state index contributed by atoms with van der Waals surface area (Å²) in [6.07, 6.45) is 1.35. The van der Waals surface area contributed by atoms with Crippen LogP contribution in [-0.2, 0) is 10.0 Å². The summed E-state index contributed by atoms with van der Waals surface area (Å²) in [5, 5.41) is 6.09. The van der Waals surface area contributed by atoms with E-state index in [1.165, 1.54) is 26.1 Å². The first kappa shape index (κ1) is 24.1. The molecule has 3 rings (SSSR count). The molecule has 0 saturated carbocycles. The number of rotatable bonds is 8. The molecule has 0 aliphatic carbocycles. The molecular formula is C22H21ClFN5O3S. The molecule has 33 heavy (non-hydrogen) atoms. The summed E-state index contributed by atoms with van der Waals surface area (Å²) in [5.41, 5.74) is 2.18. The molecule has 0 aliphatic heterocycles. The minimum atomic E-state index is -3.91. The molecule has 1 heterocycles. The van der Waals surface area contributed by atoms with Gasteiger partial charge in [-0.25, -0.2) is 17.8 Å². The van der Waals surface area contributed by atoms with Gasteiger partial charge < -0.3 is 10.6 Å². The lowest BCUT2D eigenvalue weighted by Gasteiger charge is -2.15. The quantitative estimate of drug-likeness (QED) is 0.356. The molecule has 3 aromatic rings. The highest BCUT2D eigenvalue weighted by Crippen LogP contribution is 2.31. The predicted molar refractivity (Wildman–Crippen MR) is 129 cm³/mol. The third-order valence-corrected chi connectivity index (χ3v) is 6.26. The highest BCUT2D eigenvalue weighted by molar-refractivity contribution is 7.96. The van der Waals surface area contributed by atoms with Crippen LogP contribution in [0.25, 0.3) is 0 Å². The first-order valence-corrected chi connectivity index (χ1v) is 11.5.